The number of carbonyl (C=O) groups excluding carboxylic acids is 1. The Morgan fingerprint density at radius 1 is 1.24 bits per heavy atom. The first-order valence-electron chi connectivity index (χ1n) is 6.13. The van der Waals surface area contributed by atoms with Gasteiger partial charge in [0, 0.05) is 38.4 Å². The first-order valence-corrected chi connectivity index (χ1v) is 6.13. The van der Waals surface area contributed by atoms with Crippen LogP contribution < -0.4 is 0 Å². The number of aromatic nitrogens is 1. The maximum atomic E-state index is 12.1. The summed E-state index contributed by atoms with van der Waals surface area (Å²) in [6.07, 6.45) is 1.66. The lowest BCUT2D eigenvalue weighted by Gasteiger charge is -2.36. The number of rotatable bonds is 2. The summed E-state index contributed by atoms with van der Waals surface area (Å²) >= 11 is 0. The van der Waals surface area contributed by atoms with Crippen LogP contribution in [0.1, 0.15) is 24.3 Å². The van der Waals surface area contributed by atoms with E-state index in [0.717, 1.165) is 26.2 Å². The molecule has 4 heteroatoms. The summed E-state index contributed by atoms with van der Waals surface area (Å²) in [5, 5.41) is 0. The second-order valence-corrected chi connectivity index (χ2v) is 4.64. The van der Waals surface area contributed by atoms with Gasteiger partial charge in [-0.1, -0.05) is 6.07 Å². The van der Waals surface area contributed by atoms with Crippen molar-refractivity contribution in [3.8, 4) is 0 Å². The normalized spacial score (nSPS) is 17.5. The number of pyridine rings is 1. The van der Waals surface area contributed by atoms with Crippen molar-refractivity contribution < 1.29 is 4.79 Å². The third-order valence-corrected chi connectivity index (χ3v) is 3.22. The van der Waals surface area contributed by atoms with E-state index in [1.165, 1.54) is 0 Å². The van der Waals surface area contributed by atoms with Gasteiger partial charge in [-0.3, -0.25) is 14.7 Å². The van der Waals surface area contributed by atoms with Crippen LogP contribution in [0.25, 0.3) is 0 Å². The van der Waals surface area contributed by atoms with Crippen LogP contribution >= 0.6 is 0 Å². The van der Waals surface area contributed by atoms with Gasteiger partial charge in [0.15, 0.2) is 0 Å². The van der Waals surface area contributed by atoms with Crippen LogP contribution in [0.4, 0.5) is 0 Å². The molecule has 0 bridgehead atoms. The molecule has 1 amide bonds. The van der Waals surface area contributed by atoms with Crippen LogP contribution in [0, 0.1) is 0 Å². The van der Waals surface area contributed by atoms with Gasteiger partial charge in [-0.2, -0.15) is 0 Å². The quantitative estimate of drug-likeness (QED) is 0.771. The van der Waals surface area contributed by atoms with Crippen LogP contribution in [0.3, 0.4) is 0 Å². The van der Waals surface area contributed by atoms with Gasteiger partial charge in [0.1, 0.15) is 5.69 Å². The monoisotopic (exact) mass is 233 g/mol. The molecule has 0 radical (unpaired) electrons. The predicted molar refractivity (Wildman–Crippen MR) is 66.8 cm³/mol. The summed E-state index contributed by atoms with van der Waals surface area (Å²) in [6.45, 7) is 7.89. The Balaban J connectivity index is 1.95. The molecule has 2 rings (SSSR count). The van der Waals surface area contributed by atoms with Gasteiger partial charge in [-0.25, -0.2) is 0 Å². The Kier molecular flexibility index (Phi) is 3.74. The standard InChI is InChI=1S/C13H19N3O/c1-11(2)15-7-9-16(10-8-15)13(17)12-5-3-4-6-14-12/h3-6,11H,7-10H2,1-2H3. The second kappa shape index (κ2) is 5.27. The van der Waals surface area contributed by atoms with Crippen molar-refractivity contribution in [1.29, 1.82) is 0 Å². The molecule has 0 unspecified atom stereocenters. The van der Waals surface area contributed by atoms with Gasteiger partial charge >= 0.3 is 0 Å². The number of hydrogen-bond acceptors (Lipinski definition) is 3. The Hall–Kier alpha value is -1.42. The van der Waals surface area contributed by atoms with Crippen molar-refractivity contribution in [2.45, 2.75) is 19.9 Å². The maximum absolute atomic E-state index is 12.1. The number of carbonyl (C=O) groups is 1. The molecule has 0 N–H and O–H groups in total. The number of piperazine rings is 1. The molecule has 0 saturated carbocycles. The molecule has 0 atom stereocenters. The average molecular weight is 233 g/mol. The highest BCUT2D eigenvalue weighted by Gasteiger charge is 2.23. The number of amides is 1. The fraction of sp³-hybridized carbons (Fsp3) is 0.538. The van der Waals surface area contributed by atoms with E-state index in [4.69, 9.17) is 0 Å². The maximum Gasteiger partial charge on any atom is 0.272 e. The van der Waals surface area contributed by atoms with Crippen LogP contribution in [-0.2, 0) is 0 Å². The minimum absolute atomic E-state index is 0.0500. The van der Waals surface area contributed by atoms with Gasteiger partial charge in [0.25, 0.3) is 5.91 Å². The predicted octanol–water partition coefficient (Wildman–Crippen LogP) is 1.25. The highest BCUT2D eigenvalue weighted by atomic mass is 16.2. The van der Waals surface area contributed by atoms with Gasteiger partial charge in [0.05, 0.1) is 0 Å². The molecular weight excluding hydrogens is 214 g/mol. The smallest absolute Gasteiger partial charge is 0.272 e. The van der Waals surface area contributed by atoms with E-state index in [1.54, 1.807) is 12.3 Å². The SMILES string of the molecule is CC(C)N1CCN(C(=O)c2ccccn2)CC1. The van der Waals surface area contributed by atoms with Gasteiger partial charge in [-0.15, -0.1) is 0 Å². The van der Waals surface area contributed by atoms with Crippen molar-refractivity contribution in [1.82, 2.24) is 14.8 Å². The van der Waals surface area contributed by atoms with E-state index in [9.17, 15) is 4.79 Å². The summed E-state index contributed by atoms with van der Waals surface area (Å²) in [5.74, 6) is 0.0500. The molecule has 0 aromatic carbocycles. The fourth-order valence-electron chi connectivity index (χ4n) is 2.09. The van der Waals surface area contributed by atoms with E-state index in [1.807, 2.05) is 17.0 Å². The van der Waals surface area contributed by atoms with Crippen LogP contribution in [0.5, 0.6) is 0 Å². The number of nitrogens with zero attached hydrogens (tertiary/aromatic N) is 3. The van der Waals surface area contributed by atoms with Crippen molar-refractivity contribution in [2.75, 3.05) is 26.2 Å². The molecule has 1 aromatic heterocycles. The molecule has 1 saturated heterocycles. The van der Waals surface area contributed by atoms with Crippen LogP contribution in [0.15, 0.2) is 24.4 Å². The lowest BCUT2D eigenvalue weighted by Crippen LogP contribution is -2.50. The first-order chi connectivity index (χ1) is 8.18. The lowest BCUT2D eigenvalue weighted by molar-refractivity contribution is 0.0590. The van der Waals surface area contributed by atoms with E-state index in [0.29, 0.717) is 11.7 Å². The molecule has 1 aliphatic heterocycles. The summed E-state index contributed by atoms with van der Waals surface area (Å²) in [6, 6.07) is 6.01. The Bertz CT molecular complexity index is 370. The van der Waals surface area contributed by atoms with E-state index in [-0.39, 0.29) is 5.91 Å². The van der Waals surface area contributed by atoms with Crippen molar-refractivity contribution >= 4 is 5.91 Å². The molecule has 1 aliphatic rings. The third kappa shape index (κ3) is 2.82. The van der Waals surface area contributed by atoms with Crippen LogP contribution in [-0.4, -0.2) is 52.9 Å². The minimum Gasteiger partial charge on any atom is -0.335 e. The van der Waals surface area contributed by atoms with Gasteiger partial charge < -0.3 is 4.90 Å². The summed E-state index contributed by atoms with van der Waals surface area (Å²) in [5.41, 5.74) is 0.547. The van der Waals surface area contributed by atoms with Crippen molar-refractivity contribution in [3.63, 3.8) is 0 Å². The molecule has 2 heterocycles. The summed E-state index contributed by atoms with van der Waals surface area (Å²) in [4.78, 5) is 20.5. The zero-order valence-electron chi connectivity index (χ0n) is 10.5. The Morgan fingerprint density at radius 2 is 1.94 bits per heavy atom. The lowest BCUT2D eigenvalue weighted by atomic mass is 10.2. The second-order valence-electron chi connectivity index (χ2n) is 4.64. The zero-order chi connectivity index (χ0) is 12.3. The molecule has 0 aliphatic carbocycles. The van der Waals surface area contributed by atoms with E-state index >= 15 is 0 Å². The molecule has 17 heavy (non-hydrogen) atoms. The third-order valence-electron chi connectivity index (χ3n) is 3.22. The topological polar surface area (TPSA) is 36.4 Å². The zero-order valence-corrected chi connectivity index (χ0v) is 10.5. The highest BCUT2D eigenvalue weighted by Crippen LogP contribution is 2.08. The van der Waals surface area contributed by atoms with E-state index < -0.39 is 0 Å². The molecule has 1 fully saturated rings. The van der Waals surface area contributed by atoms with Gasteiger partial charge in [-0.05, 0) is 26.0 Å². The highest BCUT2D eigenvalue weighted by molar-refractivity contribution is 5.92. The Labute approximate surface area is 102 Å². The number of hydrogen-bond donors (Lipinski definition) is 0. The molecule has 4 nitrogen and oxygen atoms in total. The summed E-state index contributed by atoms with van der Waals surface area (Å²) < 4.78 is 0. The Morgan fingerprint density at radius 3 is 2.47 bits per heavy atom. The van der Waals surface area contributed by atoms with E-state index in [2.05, 4.69) is 23.7 Å². The molecule has 0 spiro atoms. The van der Waals surface area contributed by atoms with Crippen molar-refractivity contribution in [3.05, 3.63) is 30.1 Å². The first kappa shape index (κ1) is 12.0. The van der Waals surface area contributed by atoms with Crippen LogP contribution in [0.2, 0.25) is 0 Å². The fourth-order valence-corrected chi connectivity index (χ4v) is 2.09. The molecule has 1 aromatic rings. The molecular formula is C13H19N3O. The van der Waals surface area contributed by atoms with Crippen molar-refractivity contribution in [2.24, 2.45) is 0 Å². The molecule has 92 valence electrons. The largest absolute Gasteiger partial charge is 0.335 e. The summed E-state index contributed by atoms with van der Waals surface area (Å²) in [7, 11) is 0. The average Bonchev–Trinajstić information content (AvgIpc) is 2.39. The minimum atomic E-state index is 0.0500. The van der Waals surface area contributed by atoms with Gasteiger partial charge in [0.2, 0.25) is 0 Å².